The van der Waals surface area contributed by atoms with Crippen LogP contribution in [0, 0.1) is 0 Å². The molecule has 3 nitrogen and oxygen atoms in total. The van der Waals surface area contributed by atoms with E-state index in [-0.39, 0.29) is 11.8 Å². The summed E-state index contributed by atoms with van der Waals surface area (Å²) >= 11 is 0. The molecule has 0 radical (unpaired) electrons. The number of fused-ring (bicyclic) bond motifs is 1. The van der Waals surface area contributed by atoms with Crippen LogP contribution in [0.3, 0.4) is 0 Å². The fraction of sp³-hybridized carbons (Fsp3) is 0.333. The summed E-state index contributed by atoms with van der Waals surface area (Å²) < 4.78 is 0. The van der Waals surface area contributed by atoms with Gasteiger partial charge in [-0.3, -0.25) is 4.79 Å². The summed E-state index contributed by atoms with van der Waals surface area (Å²) in [5.41, 5.74) is 3.06. The maximum Gasteiger partial charge on any atom is 0.228 e. The van der Waals surface area contributed by atoms with Crippen LogP contribution in [0.25, 0.3) is 0 Å². The standard InChI is InChI=1S/C12H13NO2/c1-8(4-5-14)9-2-3-11-10(6-9)7-12(15)13-11/h2-3,5-6,8H,4,7H2,1H3,(H,13,15). The van der Waals surface area contributed by atoms with Crippen LogP contribution in [-0.2, 0) is 16.0 Å². The molecular weight excluding hydrogens is 190 g/mol. The van der Waals surface area contributed by atoms with Gasteiger partial charge in [-0.05, 0) is 23.1 Å². The maximum atomic E-state index is 11.1. The van der Waals surface area contributed by atoms with E-state index in [1.807, 2.05) is 25.1 Å². The van der Waals surface area contributed by atoms with Gasteiger partial charge in [-0.2, -0.15) is 0 Å². The Labute approximate surface area is 88.5 Å². The minimum atomic E-state index is 0.0465. The third-order valence-corrected chi connectivity index (χ3v) is 2.77. The Morgan fingerprint density at radius 2 is 2.33 bits per heavy atom. The van der Waals surface area contributed by atoms with Crippen LogP contribution < -0.4 is 5.32 Å². The number of carbonyl (C=O) groups is 2. The first-order valence-electron chi connectivity index (χ1n) is 5.07. The van der Waals surface area contributed by atoms with Gasteiger partial charge in [0.1, 0.15) is 6.29 Å². The molecule has 1 aromatic rings. The fourth-order valence-electron chi connectivity index (χ4n) is 1.84. The number of carbonyl (C=O) groups excluding carboxylic acids is 2. The highest BCUT2D eigenvalue weighted by atomic mass is 16.1. The highest BCUT2D eigenvalue weighted by molar-refractivity contribution is 5.99. The van der Waals surface area contributed by atoms with Crippen molar-refractivity contribution in [3.05, 3.63) is 29.3 Å². The second-order valence-corrected chi connectivity index (χ2v) is 3.94. The van der Waals surface area contributed by atoms with Crippen LogP contribution in [0.15, 0.2) is 18.2 Å². The van der Waals surface area contributed by atoms with Crippen molar-refractivity contribution in [2.24, 2.45) is 0 Å². The van der Waals surface area contributed by atoms with E-state index in [1.165, 1.54) is 0 Å². The Morgan fingerprint density at radius 3 is 3.07 bits per heavy atom. The fourth-order valence-corrected chi connectivity index (χ4v) is 1.84. The molecule has 0 spiro atoms. The second kappa shape index (κ2) is 3.85. The molecule has 1 amide bonds. The summed E-state index contributed by atoms with van der Waals surface area (Å²) in [6.07, 6.45) is 1.92. The molecule has 0 fully saturated rings. The van der Waals surface area contributed by atoms with Gasteiger partial charge in [0.15, 0.2) is 0 Å². The lowest BCUT2D eigenvalue weighted by Gasteiger charge is -2.09. The molecule has 1 aliphatic rings. The van der Waals surface area contributed by atoms with Gasteiger partial charge in [0.25, 0.3) is 0 Å². The van der Waals surface area contributed by atoms with Crippen LogP contribution in [0.1, 0.15) is 30.4 Å². The summed E-state index contributed by atoms with van der Waals surface area (Å²) in [6, 6.07) is 5.90. The highest BCUT2D eigenvalue weighted by Crippen LogP contribution is 2.27. The Balaban J connectivity index is 2.26. The zero-order chi connectivity index (χ0) is 10.8. The Hall–Kier alpha value is -1.64. The lowest BCUT2D eigenvalue weighted by Crippen LogP contribution is -2.03. The number of aldehydes is 1. The van der Waals surface area contributed by atoms with Gasteiger partial charge in [-0.1, -0.05) is 19.1 Å². The predicted octanol–water partition coefficient (Wildman–Crippen LogP) is 1.87. The van der Waals surface area contributed by atoms with Crippen molar-refractivity contribution in [1.82, 2.24) is 0 Å². The van der Waals surface area contributed by atoms with Gasteiger partial charge in [0.05, 0.1) is 6.42 Å². The van der Waals surface area contributed by atoms with Gasteiger partial charge in [0, 0.05) is 12.1 Å². The zero-order valence-corrected chi connectivity index (χ0v) is 8.62. The van der Waals surface area contributed by atoms with E-state index in [0.717, 1.165) is 23.1 Å². The van der Waals surface area contributed by atoms with E-state index in [0.29, 0.717) is 12.8 Å². The number of anilines is 1. The van der Waals surface area contributed by atoms with Gasteiger partial charge in [0.2, 0.25) is 5.91 Å². The van der Waals surface area contributed by atoms with Crippen molar-refractivity contribution < 1.29 is 9.59 Å². The van der Waals surface area contributed by atoms with Crippen molar-refractivity contribution >= 4 is 17.9 Å². The normalized spacial score (nSPS) is 15.7. The van der Waals surface area contributed by atoms with Crippen molar-refractivity contribution in [3.63, 3.8) is 0 Å². The molecule has 15 heavy (non-hydrogen) atoms. The van der Waals surface area contributed by atoms with E-state index in [1.54, 1.807) is 0 Å². The molecule has 1 aliphatic heterocycles. The Kier molecular flexibility index (Phi) is 2.54. The average molecular weight is 203 g/mol. The van der Waals surface area contributed by atoms with Gasteiger partial charge in [-0.15, -0.1) is 0 Å². The Bertz CT molecular complexity index is 412. The minimum absolute atomic E-state index is 0.0465. The van der Waals surface area contributed by atoms with Crippen LogP contribution in [-0.4, -0.2) is 12.2 Å². The van der Waals surface area contributed by atoms with E-state index in [2.05, 4.69) is 5.32 Å². The summed E-state index contributed by atoms with van der Waals surface area (Å²) in [7, 11) is 0. The van der Waals surface area contributed by atoms with Crippen molar-refractivity contribution in [2.45, 2.75) is 25.7 Å². The first-order valence-corrected chi connectivity index (χ1v) is 5.07. The summed E-state index contributed by atoms with van der Waals surface area (Å²) in [4.78, 5) is 21.5. The Morgan fingerprint density at radius 1 is 1.53 bits per heavy atom. The predicted molar refractivity (Wildman–Crippen MR) is 57.9 cm³/mol. The van der Waals surface area contributed by atoms with E-state index >= 15 is 0 Å². The second-order valence-electron chi connectivity index (χ2n) is 3.94. The van der Waals surface area contributed by atoms with Crippen molar-refractivity contribution in [1.29, 1.82) is 0 Å². The zero-order valence-electron chi connectivity index (χ0n) is 8.62. The smallest absolute Gasteiger partial charge is 0.228 e. The quantitative estimate of drug-likeness (QED) is 0.762. The van der Waals surface area contributed by atoms with Gasteiger partial charge < -0.3 is 10.1 Å². The van der Waals surface area contributed by atoms with E-state index in [9.17, 15) is 9.59 Å². The molecule has 1 aromatic carbocycles. The molecule has 2 rings (SSSR count). The summed E-state index contributed by atoms with van der Waals surface area (Å²) in [6.45, 7) is 2.01. The van der Waals surface area contributed by atoms with Crippen LogP contribution in [0.2, 0.25) is 0 Å². The van der Waals surface area contributed by atoms with Crippen LogP contribution in [0.4, 0.5) is 5.69 Å². The number of nitrogens with one attached hydrogen (secondary N) is 1. The lowest BCUT2D eigenvalue weighted by atomic mass is 9.96. The number of hydrogen-bond acceptors (Lipinski definition) is 2. The molecule has 3 heteroatoms. The van der Waals surface area contributed by atoms with Crippen molar-refractivity contribution in [3.8, 4) is 0 Å². The molecule has 1 unspecified atom stereocenters. The molecule has 1 heterocycles. The van der Waals surface area contributed by atoms with Gasteiger partial charge >= 0.3 is 0 Å². The maximum absolute atomic E-state index is 11.1. The largest absolute Gasteiger partial charge is 0.326 e. The highest BCUT2D eigenvalue weighted by Gasteiger charge is 2.18. The molecule has 78 valence electrons. The minimum Gasteiger partial charge on any atom is -0.326 e. The molecular formula is C12H13NO2. The molecule has 0 saturated carbocycles. The third-order valence-electron chi connectivity index (χ3n) is 2.77. The molecule has 0 aliphatic carbocycles. The molecule has 0 aromatic heterocycles. The summed E-state index contributed by atoms with van der Waals surface area (Å²) in [5.74, 6) is 0.272. The summed E-state index contributed by atoms with van der Waals surface area (Å²) in [5, 5.41) is 2.79. The van der Waals surface area contributed by atoms with E-state index < -0.39 is 0 Å². The van der Waals surface area contributed by atoms with Crippen LogP contribution >= 0.6 is 0 Å². The third kappa shape index (κ3) is 1.91. The van der Waals surface area contributed by atoms with E-state index in [4.69, 9.17) is 0 Å². The first-order chi connectivity index (χ1) is 7.20. The molecule has 1 atom stereocenters. The number of hydrogen-bond donors (Lipinski definition) is 1. The molecule has 1 N–H and O–H groups in total. The monoisotopic (exact) mass is 203 g/mol. The SMILES string of the molecule is CC(CC=O)c1ccc2c(c1)CC(=O)N2. The lowest BCUT2D eigenvalue weighted by molar-refractivity contribution is -0.115. The number of rotatable bonds is 3. The first kappa shape index (κ1) is 9.90. The van der Waals surface area contributed by atoms with Crippen molar-refractivity contribution in [2.75, 3.05) is 5.32 Å². The molecule has 0 bridgehead atoms. The van der Waals surface area contributed by atoms with Gasteiger partial charge in [-0.25, -0.2) is 0 Å². The number of benzene rings is 1. The number of amides is 1. The topological polar surface area (TPSA) is 46.2 Å². The average Bonchev–Trinajstić information content (AvgIpc) is 2.57. The molecule has 0 saturated heterocycles. The van der Waals surface area contributed by atoms with Crippen LogP contribution in [0.5, 0.6) is 0 Å².